The van der Waals surface area contributed by atoms with Crippen LogP contribution in [0.25, 0.3) is 11.2 Å². The van der Waals surface area contributed by atoms with Crippen LogP contribution in [0.15, 0.2) is 30.6 Å². The molecule has 0 bridgehead atoms. The van der Waals surface area contributed by atoms with Gasteiger partial charge in [0.2, 0.25) is 5.28 Å². The fourth-order valence-electron chi connectivity index (χ4n) is 4.63. The molecule has 10 nitrogen and oxygen atoms in total. The first-order valence-corrected chi connectivity index (χ1v) is 11.2. The van der Waals surface area contributed by atoms with Crippen LogP contribution in [0.4, 0.5) is 5.82 Å². The van der Waals surface area contributed by atoms with Crippen molar-refractivity contribution in [2.45, 2.75) is 56.3 Å². The molecule has 2 aromatic heterocycles. The number of aliphatic hydroxyl groups excluding tert-OH is 2. The zero-order valence-electron chi connectivity index (χ0n) is 17.9. The fourth-order valence-corrected chi connectivity index (χ4v) is 4.79. The summed E-state index contributed by atoms with van der Waals surface area (Å²) < 4.78 is 12.4. The van der Waals surface area contributed by atoms with Crippen LogP contribution < -0.4 is 5.32 Å². The minimum absolute atomic E-state index is 0.0327. The molecule has 33 heavy (non-hydrogen) atoms. The molecule has 1 aliphatic heterocycles. The number of esters is 1. The summed E-state index contributed by atoms with van der Waals surface area (Å²) in [5, 5.41) is 25.1. The smallest absolute Gasteiger partial charge is 0.338 e. The average molecular weight is 474 g/mol. The zero-order chi connectivity index (χ0) is 23.1. The van der Waals surface area contributed by atoms with Crippen LogP contribution >= 0.6 is 11.6 Å². The van der Waals surface area contributed by atoms with Gasteiger partial charge in [-0.1, -0.05) is 31.0 Å². The molecule has 1 saturated heterocycles. The predicted molar refractivity (Wildman–Crippen MR) is 119 cm³/mol. The van der Waals surface area contributed by atoms with Crippen molar-refractivity contribution in [1.29, 1.82) is 0 Å². The van der Waals surface area contributed by atoms with E-state index in [1.807, 2.05) is 0 Å². The van der Waals surface area contributed by atoms with E-state index in [1.54, 1.807) is 24.3 Å². The Morgan fingerprint density at radius 1 is 1.21 bits per heavy atom. The lowest BCUT2D eigenvalue weighted by molar-refractivity contribution is -0.0361. The fraction of sp³-hybridized carbons (Fsp3) is 0.455. The average Bonchev–Trinajstić information content (AvgIpc) is 3.54. The molecule has 1 aromatic carbocycles. The first-order valence-electron chi connectivity index (χ1n) is 10.8. The highest BCUT2D eigenvalue weighted by Gasteiger charge is 2.46. The summed E-state index contributed by atoms with van der Waals surface area (Å²) in [6.07, 6.45) is 1.29. The number of carbonyl (C=O) groups is 1. The highest BCUT2D eigenvalue weighted by Crippen LogP contribution is 2.41. The normalized spacial score (nSPS) is 25.6. The van der Waals surface area contributed by atoms with E-state index in [4.69, 9.17) is 21.1 Å². The van der Waals surface area contributed by atoms with E-state index in [0.717, 1.165) is 25.7 Å². The summed E-state index contributed by atoms with van der Waals surface area (Å²) >= 11 is 6.20. The second-order valence-corrected chi connectivity index (χ2v) is 8.64. The van der Waals surface area contributed by atoms with Gasteiger partial charge in [0.15, 0.2) is 23.2 Å². The van der Waals surface area contributed by atoms with E-state index >= 15 is 0 Å². The van der Waals surface area contributed by atoms with Gasteiger partial charge in [0, 0.05) is 6.04 Å². The van der Waals surface area contributed by atoms with Gasteiger partial charge in [0.25, 0.3) is 0 Å². The molecule has 3 aromatic rings. The number of aromatic nitrogens is 4. The summed E-state index contributed by atoms with van der Waals surface area (Å²) in [6, 6.07) is 6.94. The molecule has 2 fully saturated rings. The Morgan fingerprint density at radius 3 is 2.73 bits per heavy atom. The number of nitrogens with one attached hydrogen (secondary N) is 1. The number of fused-ring (bicyclic) bond motifs is 1. The van der Waals surface area contributed by atoms with Crippen molar-refractivity contribution in [2.24, 2.45) is 0 Å². The minimum atomic E-state index is -1.31. The lowest BCUT2D eigenvalue weighted by atomic mass is 9.97. The highest BCUT2D eigenvalue weighted by molar-refractivity contribution is 6.28. The van der Waals surface area contributed by atoms with Crippen molar-refractivity contribution in [3.05, 3.63) is 47.0 Å². The van der Waals surface area contributed by atoms with Crippen LogP contribution in [-0.2, 0) is 9.47 Å². The number of benzene rings is 1. The molecule has 1 saturated carbocycles. The van der Waals surface area contributed by atoms with Crippen LogP contribution in [0, 0.1) is 0 Å². The number of halogens is 1. The summed E-state index contributed by atoms with van der Waals surface area (Å²) in [6.45, 7) is 0. The number of anilines is 1. The molecule has 3 N–H and O–H groups in total. The Bertz CT molecular complexity index is 1180. The molecule has 1 aliphatic carbocycles. The van der Waals surface area contributed by atoms with Crippen LogP contribution in [0.2, 0.25) is 5.28 Å². The van der Waals surface area contributed by atoms with E-state index in [-0.39, 0.29) is 10.8 Å². The summed E-state index contributed by atoms with van der Waals surface area (Å²) in [5.41, 5.74) is 1.53. The van der Waals surface area contributed by atoms with Gasteiger partial charge in [-0.15, -0.1) is 0 Å². The molecular formula is C22H24ClN5O5. The molecule has 11 heteroatoms. The number of hydrogen-bond donors (Lipinski definition) is 3. The Hall–Kier alpha value is -2.79. The maximum Gasteiger partial charge on any atom is 0.338 e. The van der Waals surface area contributed by atoms with Crippen molar-refractivity contribution in [2.75, 3.05) is 12.4 Å². The highest BCUT2D eigenvalue weighted by atomic mass is 35.5. The van der Waals surface area contributed by atoms with Crippen molar-refractivity contribution in [1.82, 2.24) is 19.5 Å². The Kier molecular flexibility index (Phi) is 5.92. The topological polar surface area (TPSA) is 132 Å². The van der Waals surface area contributed by atoms with E-state index in [1.165, 1.54) is 18.0 Å². The standard InChI is InChI=1S/C22H24ClN5O5/c1-32-21(31)13-9-5-4-8-12(13)17-15(29)16(30)20(33-17)28-10-24-14-18(25-11-6-2-3-7-11)26-22(23)27-19(14)28/h4-5,8-11,15-17,20,29-30H,2-3,6-7H2,1H3,(H,25,26,27)/t15-,16+,17+,20+/m0/s1. The monoisotopic (exact) mass is 473 g/mol. The van der Waals surface area contributed by atoms with Gasteiger partial charge in [0.05, 0.1) is 19.0 Å². The number of nitrogens with zero attached hydrogens (tertiary/aromatic N) is 4. The van der Waals surface area contributed by atoms with Gasteiger partial charge >= 0.3 is 5.97 Å². The number of aliphatic hydroxyl groups is 2. The summed E-state index contributed by atoms with van der Waals surface area (Å²) in [4.78, 5) is 25.2. The molecule has 174 valence electrons. The molecule has 0 radical (unpaired) electrons. The molecule has 0 amide bonds. The molecule has 0 unspecified atom stereocenters. The Balaban J connectivity index is 1.50. The van der Waals surface area contributed by atoms with Crippen LogP contribution in [-0.4, -0.2) is 61.1 Å². The molecular weight excluding hydrogens is 450 g/mol. The molecule has 3 heterocycles. The third-order valence-electron chi connectivity index (χ3n) is 6.28. The van der Waals surface area contributed by atoms with Crippen molar-refractivity contribution >= 4 is 34.6 Å². The largest absolute Gasteiger partial charge is 0.465 e. The first kappa shape index (κ1) is 22.0. The van der Waals surface area contributed by atoms with Crippen molar-refractivity contribution in [3.8, 4) is 0 Å². The molecule has 0 spiro atoms. The van der Waals surface area contributed by atoms with Gasteiger partial charge < -0.3 is 25.0 Å². The zero-order valence-corrected chi connectivity index (χ0v) is 18.6. The molecule has 4 atom stereocenters. The van der Waals surface area contributed by atoms with Crippen molar-refractivity contribution in [3.63, 3.8) is 0 Å². The maximum absolute atomic E-state index is 12.2. The lowest BCUT2D eigenvalue weighted by Crippen LogP contribution is -2.29. The SMILES string of the molecule is COC(=O)c1ccccc1[C@H]1O[C@@H](n2cnc3c(NC4CCCC4)nc(Cl)nc32)[C@H](O)[C@@H]1O. The van der Waals surface area contributed by atoms with Gasteiger partial charge in [0.1, 0.15) is 18.3 Å². The van der Waals surface area contributed by atoms with E-state index in [0.29, 0.717) is 28.6 Å². The van der Waals surface area contributed by atoms with Gasteiger partial charge in [-0.3, -0.25) is 4.57 Å². The van der Waals surface area contributed by atoms with E-state index in [2.05, 4.69) is 20.3 Å². The van der Waals surface area contributed by atoms with E-state index < -0.39 is 30.5 Å². The Morgan fingerprint density at radius 2 is 1.97 bits per heavy atom. The number of hydrogen-bond acceptors (Lipinski definition) is 9. The van der Waals surface area contributed by atoms with E-state index in [9.17, 15) is 15.0 Å². The minimum Gasteiger partial charge on any atom is -0.465 e. The predicted octanol–water partition coefficient (Wildman–Crippen LogP) is 2.61. The van der Waals surface area contributed by atoms with Crippen LogP contribution in [0.1, 0.15) is 53.9 Å². The number of methoxy groups -OCH3 is 1. The Labute approximate surface area is 194 Å². The van der Waals surface area contributed by atoms with Crippen molar-refractivity contribution < 1.29 is 24.5 Å². The second kappa shape index (κ2) is 8.86. The summed E-state index contributed by atoms with van der Waals surface area (Å²) in [7, 11) is 1.28. The number of ether oxygens (including phenoxy) is 2. The summed E-state index contributed by atoms with van der Waals surface area (Å²) in [5.74, 6) is -0.0363. The third kappa shape index (κ3) is 3.93. The molecule has 5 rings (SSSR count). The van der Waals surface area contributed by atoms with Crippen LogP contribution in [0.5, 0.6) is 0 Å². The van der Waals surface area contributed by atoms with Gasteiger partial charge in [-0.2, -0.15) is 9.97 Å². The van der Waals surface area contributed by atoms with Crippen LogP contribution in [0.3, 0.4) is 0 Å². The molecule has 2 aliphatic rings. The van der Waals surface area contributed by atoms with Gasteiger partial charge in [-0.05, 0) is 36.1 Å². The quantitative estimate of drug-likeness (QED) is 0.378. The number of rotatable bonds is 5. The first-order chi connectivity index (χ1) is 16.0. The number of carbonyl (C=O) groups excluding carboxylic acids is 1. The second-order valence-electron chi connectivity index (χ2n) is 8.30. The number of imidazole rings is 1. The maximum atomic E-state index is 12.2. The third-order valence-corrected chi connectivity index (χ3v) is 6.44. The van der Waals surface area contributed by atoms with Gasteiger partial charge in [-0.25, -0.2) is 9.78 Å². The lowest BCUT2D eigenvalue weighted by Gasteiger charge is -2.18.